The van der Waals surface area contributed by atoms with Gasteiger partial charge < -0.3 is 83.9 Å². The summed E-state index contributed by atoms with van der Waals surface area (Å²) in [5.41, 5.74) is 0. The number of aliphatic hydroxyl groups excluding tert-OH is 8. The Balaban J connectivity index is 0.000000420. The van der Waals surface area contributed by atoms with E-state index in [4.69, 9.17) is 37.9 Å². The summed E-state index contributed by atoms with van der Waals surface area (Å²) < 4.78 is 43.3. The normalized spacial score (nSPS) is 50.7. The number of rotatable bonds is 8. The van der Waals surface area contributed by atoms with Crippen LogP contribution >= 0.6 is 0 Å². The number of ether oxygens (including phenoxy) is 8. The number of carboxylic acid groups (broad SMARTS) is 1. The third kappa shape index (κ3) is 8.95. The molecule has 4 aliphatic heterocycles. The van der Waals surface area contributed by atoms with Gasteiger partial charge in [0.25, 0.3) is 0 Å². The van der Waals surface area contributed by atoms with Crippen LogP contribution in [0.4, 0.5) is 0 Å². The lowest BCUT2D eigenvalue weighted by molar-refractivity contribution is -0.349. The van der Waals surface area contributed by atoms with E-state index in [9.17, 15) is 50.8 Å². The molecule has 0 bridgehead atoms. The number of aliphatic hydroxyl groups is 8. The average Bonchev–Trinajstić information content (AvgIpc) is 3.02. The van der Waals surface area contributed by atoms with Crippen molar-refractivity contribution in [2.75, 3.05) is 20.8 Å². The minimum absolute atomic E-state index is 0.284. The molecule has 9 unspecified atom stereocenters. The lowest BCUT2D eigenvalue weighted by Gasteiger charge is -2.46. The fourth-order valence-corrected chi connectivity index (χ4v) is 6.13. The molecule has 9 N–H and O–H groups in total. The van der Waals surface area contributed by atoms with Gasteiger partial charge in [-0.2, -0.15) is 0 Å². The molecule has 0 aromatic rings. The zero-order valence-electron chi connectivity index (χ0n) is 27.5. The molecule has 0 aromatic carbocycles. The second-order valence-electron chi connectivity index (χ2n) is 12.5. The molecule has 18 nitrogen and oxygen atoms in total. The molecule has 47 heavy (non-hydrogen) atoms. The minimum atomic E-state index is -1.72. The molecule has 276 valence electrons. The first-order valence-corrected chi connectivity index (χ1v) is 15.6. The fourth-order valence-electron chi connectivity index (χ4n) is 6.13. The molecule has 0 radical (unpaired) electrons. The second-order valence-corrected chi connectivity index (χ2v) is 12.5. The minimum Gasteiger partial charge on any atom is -0.479 e. The lowest BCUT2D eigenvalue weighted by atomic mass is 9.91. The van der Waals surface area contributed by atoms with E-state index in [1.807, 2.05) is 0 Å². The summed E-state index contributed by atoms with van der Waals surface area (Å²) in [4.78, 5) is 11.4. The van der Waals surface area contributed by atoms with Crippen molar-refractivity contribution in [3.05, 3.63) is 0 Å². The number of hydrogen-bond acceptors (Lipinski definition) is 17. The van der Waals surface area contributed by atoms with Crippen molar-refractivity contribution in [3.8, 4) is 0 Å². The molecule has 20 atom stereocenters. The molecule has 4 heterocycles. The average molecular weight is 689 g/mol. The van der Waals surface area contributed by atoms with Crippen LogP contribution < -0.4 is 0 Å². The van der Waals surface area contributed by atoms with Crippen molar-refractivity contribution in [1.82, 2.24) is 0 Å². The van der Waals surface area contributed by atoms with Gasteiger partial charge in [-0.3, -0.25) is 0 Å². The molecule has 0 amide bonds. The maximum atomic E-state index is 11.4. The summed E-state index contributed by atoms with van der Waals surface area (Å²) in [5.74, 6) is -2.27. The quantitative estimate of drug-likeness (QED) is 0.118. The Kier molecular flexibility index (Phi) is 14.7. The third-order valence-corrected chi connectivity index (χ3v) is 9.20. The highest BCUT2D eigenvalue weighted by Gasteiger charge is 2.51. The smallest absolute Gasteiger partial charge is 0.333 e. The number of aliphatic carboxylic acids is 1. The van der Waals surface area contributed by atoms with Crippen molar-refractivity contribution in [2.45, 2.75) is 151 Å². The molecular weight excluding hydrogens is 636 g/mol. The van der Waals surface area contributed by atoms with Crippen LogP contribution in [-0.4, -0.2) is 189 Å². The van der Waals surface area contributed by atoms with Gasteiger partial charge in [-0.1, -0.05) is 6.92 Å². The maximum Gasteiger partial charge on any atom is 0.333 e. The van der Waals surface area contributed by atoms with Gasteiger partial charge in [0.1, 0.15) is 67.1 Å². The monoisotopic (exact) mass is 688 g/mol. The summed E-state index contributed by atoms with van der Waals surface area (Å²) in [7, 11) is 2.85. The Hall–Kier alpha value is -1.17. The van der Waals surface area contributed by atoms with E-state index in [1.54, 1.807) is 27.7 Å². The summed E-state index contributed by atoms with van der Waals surface area (Å²) in [6.45, 7) is 7.74. The first kappa shape index (κ1) is 40.3. The van der Waals surface area contributed by atoms with Crippen LogP contribution in [0.1, 0.15) is 34.6 Å². The van der Waals surface area contributed by atoms with E-state index >= 15 is 0 Å². The summed E-state index contributed by atoms with van der Waals surface area (Å²) in [6.07, 6.45) is -20.4. The summed E-state index contributed by atoms with van der Waals surface area (Å²) in [5, 5.41) is 90.2. The zero-order chi connectivity index (χ0) is 35.5. The summed E-state index contributed by atoms with van der Waals surface area (Å²) in [6, 6.07) is 0. The zero-order valence-corrected chi connectivity index (χ0v) is 27.5. The number of carboxylic acids is 1. The van der Waals surface area contributed by atoms with Gasteiger partial charge in [0.2, 0.25) is 0 Å². The van der Waals surface area contributed by atoms with Gasteiger partial charge in [0, 0.05) is 20.1 Å². The second kappa shape index (κ2) is 17.2. The Labute approximate surface area is 272 Å². The van der Waals surface area contributed by atoms with Crippen LogP contribution in [0, 0.1) is 5.92 Å². The Bertz CT molecular complexity index is 961. The van der Waals surface area contributed by atoms with Crippen molar-refractivity contribution in [1.29, 1.82) is 0 Å². The molecule has 0 spiro atoms. The number of hydrogen-bond donors (Lipinski definition) is 9. The molecule has 0 aromatic heterocycles. The lowest BCUT2D eigenvalue weighted by Crippen LogP contribution is -2.64. The van der Waals surface area contributed by atoms with Crippen molar-refractivity contribution in [3.63, 3.8) is 0 Å². The SMILES string of the molecule is COC1C(O)[C@@H](C)OC(C)[C@@H]1O.CO[C@@H]1C(O[C@H]2OC(CO[C@H]3OC(C(=O)O)[C@@H](C)C(O)[C@@H]3O)[C@@H](O)C(O)[C@@H]2O)[C@@H](C)OC(C)[C@@H]1O. The first-order valence-electron chi connectivity index (χ1n) is 15.6. The van der Waals surface area contributed by atoms with E-state index in [2.05, 4.69) is 0 Å². The molecule has 4 saturated heterocycles. The van der Waals surface area contributed by atoms with E-state index in [0.717, 1.165) is 0 Å². The van der Waals surface area contributed by atoms with Crippen molar-refractivity contribution in [2.24, 2.45) is 5.92 Å². The molecule has 4 rings (SSSR count). The molecular formula is C29H52O18. The van der Waals surface area contributed by atoms with Gasteiger partial charge in [-0.05, 0) is 27.7 Å². The number of carbonyl (C=O) groups is 1. The molecule has 0 aliphatic carbocycles. The van der Waals surface area contributed by atoms with Crippen LogP contribution in [0.3, 0.4) is 0 Å². The van der Waals surface area contributed by atoms with E-state index < -0.39 is 123 Å². The highest BCUT2D eigenvalue weighted by molar-refractivity contribution is 5.73. The summed E-state index contributed by atoms with van der Waals surface area (Å²) >= 11 is 0. The van der Waals surface area contributed by atoms with Crippen LogP contribution in [0.15, 0.2) is 0 Å². The van der Waals surface area contributed by atoms with Crippen LogP contribution in [0.5, 0.6) is 0 Å². The predicted octanol–water partition coefficient (Wildman–Crippen LogP) is -3.92. The fraction of sp³-hybridized carbons (Fsp3) is 0.966. The van der Waals surface area contributed by atoms with Gasteiger partial charge in [0.05, 0.1) is 37.1 Å². The van der Waals surface area contributed by atoms with Crippen molar-refractivity contribution >= 4 is 5.97 Å². The molecule has 18 heteroatoms. The van der Waals surface area contributed by atoms with Gasteiger partial charge in [-0.25, -0.2) is 4.79 Å². The first-order chi connectivity index (χ1) is 22.0. The maximum absolute atomic E-state index is 11.4. The van der Waals surface area contributed by atoms with Gasteiger partial charge in [-0.15, -0.1) is 0 Å². The third-order valence-electron chi connectivity index (χ3n) is 9.20. The standard InChI is InChI=1S/C21H36O14.C8H16O4/c1-6-10(22)14(26)20(34-16(6)19(28)29)31-5-9-12(24)13(25)15(27)21(33-9)35-17-8(3)32-7(2)11(23)18(17)30-4;1-4-6(9)8(11-3)7(10)5(2)12-4/h6-18,20-27H,5H2,1-4H3,(H,28,29);4-10H,1-3H3/t6-,7?,8+,9?,10?,11-,12+,13?,14-,15-,16?,17?,18-,20-,21+;4-,5?,6?,7+,8?/m01/s1. The molecule has 4 fully saturated rings. The largest absolute Gasteiger partial charge is 0.479 e. The Morgan fingerprint density at radius 3 is 1.55 bits per heavy atom. The Morgan fingerprint density at radius 2 is 1.04 bits per heavy atom. The Morgan fingerprint density at radius 1 is 0.553 bits per heavy atom. The van der Waals surface area contributed by atoms with Gasteiger partial charge in [0.15, 0.2) is 18.7 Å². The van der Waals surface area contributed by atoms with E-state index in [1.165, 1.54) is 21.1 Å². The molecule has 4 aliphatic rings. The van der Waals surface area contributed by atoms with Crippen molar-refractivity contribution < 1.29 is 88.6 Å². The van der Waals surface area contributed by atoms with Gasteiger partial charge >= 0.3 is 5.97 Å². The highest BCUT2D eigenvalue weighted by Crippen LogP contribution is 2.32. The molecule has 0 saturated carbocycles. The van der Waals surface area contributed by atoms with Crippen LogP contribution in [0.2, 0.25) is 0 Å². The number of methoxy groups -OCH3 is 2. The van der Waals surface area contributed by atoms with E-state index in [0.29, 0.717) is 0 Å². The van der Waals surface area contributed by atoms with Crippen LogP contribution in [-0.2, 0) is 42.7 Å². The highest BCUT2D eigenvalue weighted by atomic mass is 16.7. The van der Waals surface area contributed by atoms with Crippen LogP contribution in [0.25, 0.3) is 0 Å². The topological polar surface area (TPSA) is 273 Å². The predicted molar refractivity (Wildman–Crippen MR) is 155 cm³/mol. The van der Waals surface area contributed by atoms with E-state index in [-0.39, 0.29) is 12.2 Å².